The first kappa shape index (κ1) is 14.1. The van der Waals surface area contributed by atoms with Crippen molar-refractivity contribution in [2.45, 2.75) is 13.5 Å². The summed E-state index contributed by atoms with van der Waals surface area (Å²) >= 11 is 0. The van der Waals surface area contributed by atoms with Gasteiger partial charge in [0, 0.05) is 26.8 Å². The number of nitrogens with zero attached hydrogens (tertiary/aromatic N) is 4. The molecule has 0 unspecified atom stereocenters. The van der Waals surface area contributed by atoms with Crippen molar-refractivity contribution < 1.29 is 4.79 Å². The van der Waals surface area contributed by atoms with Crippen LogP contribution in [-0.2, 0) is 11.3 Å². The molecule has 1 aromatic heterocycles. The molecule has 0 aromatic carbocycles. The van der Waals surface area contributed by atoms with Gasteiger partial charge in [0.15, 0.2) is 0 Å². The Bertz CT molecular complexity index is 451. The normalized spacial score (nSPS) is 10.2. The minimum Gasteiger partial charge on any atom is -0.348 e. The van der Waals surface area contributed by atoms with Crippen LogP contribution in [0.2, 0.25) is 0 Å². The topological polar surface area (TPSA) is 60.2 Å². The van der Waals surface area contributed by atoms with Gasteiger partial charge in [-0.1, -0.05) is 6.92 Å². The van der Waals surface area contributed by atoms with Crippen LogP contribution in [0.15, 0.2) is 18.3 Å². The van der Waals surface area contributed by atoms with Crippen LogP contribution >= 0.6 is 0 Å². The molecule has 0 aliphatic carbocycles. The van der Waals surface area contributed by atoms with E-state index in [9.17, 15) is 4.79 Å². The zero-order chi connectivity index (χ0) is 13.5. The van der Waals surface area contributed by atoms with Gasteiger partial charge in [0.1, 0.15) is 11.8 Å². The van der Waals surface area contributed by atoms with Gasteiger partial charge >= 0.3 is 0 Å². The van der Waals surface area contributed by atoms with E-state index in [4.69, 9.17) is 5.26 Å². The van der Waals surface area contributed by atoms with Crippen molar-refractivity contribution in [1.29, 1.82) is 5.26 Å². The smallest absolute Gasteiger partial charge is 0.236 e. The zero-order valence-electron chi connectivity index (χ0n) is 11.1. The maximum Gasteiger partial charge on any atom is 0.236 e. The van der Waals surface area contributed by atoms with Gasteiger partial charge in [-0.15, -0.1) is 0 Å². The first-order valence-corrected chi connectivity index (χ1v) is 5.84. The Balaban J connectivity index is 2.68. The number of nitriles is 1. The SMILES string of the molecule is CCN(CC(=O)N(C)C)Cc1ccnc(C#N)c1. The van der Waals surface area contributed by atoms with E-state index in [1.165, 1.54) is 0 Å². The van der Waals surface area contributed by atoms with Crippen molar-refractivity contribution in [3.8, 4) is 6.07 Å². The van der Waals surface area contributed by atoms with Crippen LogP contribution in [0.25, 0.3) is 0 Å². The molecule has 0 radical (unpaired) electrons. The fourth-order valence-electron chi connectivity index (χ4n) is 1.50. The van der Waals surface area contributed by atoms with E-state index in [0.29, 0.717) is 18.8 Å². The Morgan fingerprint density at radius 1 is 1.50 bits per heavy atom. The van der Waals surface area contributed by atoms with Gasteiger partial charge in [0.2, 0.25) is 5.91 Å². The fourth-order valence-corrected chi connectivity index (χ4v) is 1.50. The fraction of sp³-hybridized carbons (Fsp3) is 0.462. The summed E-state index contributed by atoms with van der Waals surface area (Å²) in [4.78, 5) is 19.2. The van der Waals surface area contributed by atoms with Crippen LogP contribution in [0.3, 0.4) is 0 Å². The first-order valence-electron chi connectivity index (χ1n) is 5.84. The second kappa shape index (κ2) is 6.72. The summed E-state index contributed by atoms with van der Waals surface area (Å²) in [5, 5.41) is 8.78. The molecule has 0 saturated heterocycles. The number of hydrogen-bond donors (Lipinski definition) is 0. The number of amides is 1. The molecule has 96 valence electrons. The average Bonchev–Trinajstić information content (AvgIpc) is 2.37. The molecule has 1 amide bonds. The van der Waals surface area contributed by atoms with Crippen LogP contribution in [0.5, 0.6) is 0 Å². The molecular weight excluding hydrogens is 228 g/mol. The van der Waals surface area contributed by atoms with E-state index >= 15 is 0 Å². The number of pyridine rings is 1. The lowest BCUT2D eigenvalue weighted by Gasteiger charge is -2.21. The molecule has 5 nitrogen and oxygen atoms in total. The lowest BCUT2D eigenvalue weighted by molar-refractivity contribution is -0.130. The van der Waals surface area contributed by atoms with E-state index in [-0.39, 0.29) is 5.91 Å². The van der Waals surface area contributed by atoms with Crippen molar-refractivity contribution in [3.05, 3.63) is 29.6 Å². The van der Waals surface area contributed by atoms with Gasteiger partial charge in [-0.2, -0.15) is 5.26 Å². The standard InChI is InChI=1S/C13H18N4O/c1-4-17(10-13(18)16(2)3)9-11-5-6-15-12(7-11)8-14/h5-7H,4,9-10H2,1-3H3. The summed E-state index contributed by atoms with van der Waals surface area (Å²) in [5.41, 5.74) is 1.40. The van der Waals surface area contributed by atoms with Crippen molar-refractivity contribution in [1.82, 2.24) is 14.8 Å². The maximum atomic E-state index is 11.6. The third-order valence-corrected chi connectivity index (χ3v) is 2.65. The van der Waals surface area contributed by atoms with Gasteiger partial charge in [0.05, 0.1) is 6.54 Å². The number of carbonyl (C=O) groups is 1. The number of likely N-dealkylation sites (N-methyl/N-ethyl adjacent to an activating group) is 2. The summed E-state index contributed by atoms with van der Waals surface area (Å²) in [5.74, 6) is 0.0754. The Kier molecular flexibility index (Phi) is 5.28. The van der Waals surface area contributed by atoms with E-state index in [2.05, 4.69) is 4.98 Å². The highest BCUT2D eigenvalue weighted by Gasteiger charge is 2.11. The Morgan fingerprint density at radius 3 is 2.78 bits per heavy atom. The molecule has 1 rings (SSSR count). The monoisotopic (exact) mass is 246 g/mol. The highest BCUT2D eigenvalue weighted by molar-refractivity contribution is 5.77. The number of aromatic nitrogens is 1. The summed E-state index contributed by atoms with van der Waals surface area (Å²) < 4.78 is 0. The van der Waals surface area contributed by atoms with E-state index in [1.807, 2.05) is 24.0 Å². The summed E-state index contributed by atoms with van der Waals surface area (Å²) in [6.07, 6.45) is 1.62. The quantitative estimate of drug-likeness (QED) is 0.773. The summed E-state index contributed by atoms with van der Waals surface area (Å²) in [6, 6.07) is 5.63. The second-order valence-corrected chi connectivity index (χ2v) is 4.25. The minimum atomic E-state index is 0.0754. The van der Waals surface area contributed by atoms with Gasteiger partial charge in [-0.3, -0.25) is 9.69 Å². The first-order chi connectivity index (χ1) is 8.56. The molecule has 0 aliphatic heterocycles. The Hall–Kier alpha value is -1.93. The molecule has 1 aromatic rings. The molecule has 0 fully saturated rings. The molecule has 0 aliphatic rings. The Morgan fingerprint density at radius 2 is 2.22 bits per heavy atom. The summed E-state index contributed by atoms with van der Waals surface area (Å²) in [6.45, 7) is 3.82. The van der Waals surface area contributed by atoms with Crippen molar-refractivity contribution in [2.75, 3.05) is 27.2 Å². The van der Waals surface area contributed by atoms with E-state index in [1.54, 1.807) is 31.3 Å². The molecule has 0 saturated carbocycles. The van der Waals surface area contributed by atoms with Crippen LogP contribution in [0.1, 0.15) is 18.2 Å². The highest BCUT2D eigenvalue weighted by atomic mass is 16.2. The number of carbonyl (C=O) groups excluding carboxylic acids is 1. The van der Waals surface area contributed by atoms with Crippen molar-refractivity contribution in [3.63, 3.8) is 0 Å². The lowest BCUT2D eigenvalue weighted by atomic mass is 10.2. The molecule has 0 atom stereocenters. The number of hydrogen-bond acceptors (Lipinski definition) is 4. The molecule has 0 spiro atoms. The highest BCUT2D eigenvalue weighted by Crippen LogP contribution is 2.05. The molecule has 18 heavy (non-hydrogen) atoms. The third kappa shape index (κ3) is 4.15. The summed E-state index contributed by atoms with van der Waals surface area (Å²) in [7, 11) is 3.49. The predicted molar refractivity (Wildman–Crippen MR) is 68.6 cm³/mol. The van der Waals surface area contributed by atoms with Gasteiger partial charge < -0.3 is 4.90 Å². The van der Waals surface area contributed by atoms with Crippen LogP contribution in [0.4, 0.5) is 0 Å². The molecular formula is C13H18N4O. The third-order valence-electron chi connectivity index (χ3n) is 2.65. The molecule has 0 bridgehead atoms. The van der Waals surface area contributed by atoms with E-state index < -0.39 is 0 Å². The van der Waals surface area contributed by atoms with Crippen LogP contribution < -0.4 is 0 Å². The van der Waals surface area contributed by atoms with Gasteiger partial charge in [-0.05, 0) is 24.2 Å². The Labute approximate surface area is 108 Å². The van der Waals surface area contributed by atoms with Crippen molar-refractivity contribution in [2.24, 2.45) is 0 Å². The second-order valence-electron chi connectivity index (χ2n) is 4.25. The van der Waals surface area contributed by atoms with Gasteiger partial charge in [0.25, 0.3) is 0 Å². The predicted octanol–water partition coefficient (Wildman–Crippen LogP) is 0.863. The lowest BCUT2D eigenvalue weighted by Crippen LogP contribution is -2.36. The van der Waals surface area contributed by atoms with E-state index in [0.717, 1.165) is 12.1 Å². The largest absolute Gasteiger partial charge is 0.348 e. The van der Waals surface area contributed by atoms with Crippen LogP contribution in [-0.4, -0.2) is 47.9 Å². The van der Waals surface area contributed by atoms with Crippen LogP contribution in [0, 0.1) is 11.3 Å². The molecule has 5 heteroatoms. The minimum absolute atomic E-state index is 0.0754. The number of rotatable bonds is 5. The average molecular weight is 246 g/mol. The molecule has 0 N–H and O–H groups in total. The molecule has 1 heterocycles. The maximum absolute atomic E-state index is 11.6. The van der Waals surface area contributed by atoms with Crippen molar-refractivity contribution >= 4 is 5.91 Å². The zero-order valence-corrected chi connectivity index (χ0v) is 11.1. The van der Waals surface area contributed by atoms with Gasteiger partial charge in [-0.25, -0.2) is 4.98 Å².